The molecule has 0 radical (unpaired) electrons. The van der Waals surface area contributed by atoms with Crippen LogP contribution in [0.25, 0.3) is 33.4 Å². The number of nitrogens with one attached hydrogen (secondary N) is 2. The molecule has 1 aliphatic heterocycles. The van der Waals surface area contributed by atoms with Crippen molar-refractivity contribution in [2.75, 3.05) is 24.7 Å². The molecule has 1 saturated carbocycles. The summed E-state index contributed by atoms with van der Waals surface area (Å²) in [6, 6.07) is 6.47. The van der Waals surface area contributed by atoms with Crippen molar-refractivity contribution < 1.29 is 4.74 Å². The maximum atomic E-state index is 5.67. The van der Waals surface area contributed by atoms with Gasteiger partial charge < -0.3 is 9.64 Å². The molecule has 8 nitrogen and oxygen atoms in total. The van der Waals surface area contributed by atoms with Gasteiger partial charge in [-0.1, -0.05) is 6.42 Å². The van der Waals surface area contributed by atoms with Crippen molar-refractivity contribution in [2.24, 2.45) is 0 Å². The van der Waals surface area contributed by atoms with Gasteiger partial charge in [0.15, 0.2) is 0 Å². The zero-order valence-electron chi connectivity index (χ0n) is 17.5. The van der Waals surface area contributed by atoms with Crippen molar-refractivity contribution in [2.45, 2.75) is 38.1 Å². The van der Waals surface area contributed by atoms with Crippen LogP contribution >= 0.6 is 0 Å². The lowest BCUT2D eigenvalue weighted by Gasteiger charge is -2.34. The van der Waals surface area contributed by atoms with Crippen LogP contribution in [-0.2, 0) is 4.74 Å². The molecular weight excluding hydrogens is 390 g/mol. The largest absolute Gasteiger partial charge is 0.377 e. The van der Waals surface area contributed by atoms with E-state index in [0.717, 1.165) is 40.2 Å². The Kier molecular flexibility index (Phi) is 4.45. The highest BCUT2D eigenvalue weighted by Gasteiger charge is 2.28. The van der Waals surface area contributed by atoms with E-state index in [-0.39, 0.29) is 6.04 Å². The number of aromatic nitrogens is 6. The molecule has 8 heteroatoms. The molecule has 5 heterocycles. The van der Waals surface area contributed by atoms with E-state index in [0.29, 0.717) is 19.1 Å². The van der Waals surface area contributed by atoms with Crippen molar-refractivity contribution in [1.82, 2.24) is 30.4 Å². The van der Waals surface area contributed by atoms with Crippen molar-refractivity contribution in [3.8, 4) is 22.5 Å². The SMILES string of the molecule is C[C@@H]1COCCN1c1cc(-c2c[nH]nc2C2CCC2)c2ccnc(-c3ccn[nH]3)c2n1. The highest BCUT2D eigenvalue weighted by molar-refractivity contribution is 6.01. The maximum Gasteiger partial charge on any atom is 0.130 e. The minimum atomic E-state index is 0.259. The second kappa shape index (κ2) is 7.46. The number of morpholine rings is 1. The van der Waals surface area contributed by atoms with Crippen LogP contribution in [0.1, 0.15) is 37.8 Å². The molecule has 4 aromatic heterocycles. The summed E-state index contributed by atoms with van der Waals surface area (Å²) in [5.74, 6) is 1.48. The Hall–Kier alpha value is -3.26. The lowest BCUT2D eigenvalue weighted by molar-refractivity contribution is 0.0986. The van der Waals surface area contributed by atoms with Gasteiger partial charge in [-0.25, -0.2) is 4.98 Å². The topological polar surface area (TPSA) is 95.6 Å². The van der Waals surface area contributed by atoms with Gasteiger partial charge in [-0.3, -0.25) is 15.2 Å². The molecule has 1 aliphatic carbocycles. The summed E-state index contributed by atoms with van der Waals surface area (Å²) in [6.07, 6.45) is 9.31. The fourth-order valence-electron chi connectivity index (χ4n) is 4.67. The number of hydrogen-bond donors (Lipinski definition) is 2. The van der Waals surface area contributed by atoms with Crippen molar-refractivity contribution in [3.05, 3.63) is 42.5 Å². The molecule has 1 atom stereocenters. The van der Waals surface area contributed by atoms with Crippen LogP contribution in [0.5, 0.6) is 0 Å². The first kappa shape index (κ1) is 18.5. The van der Waals surface area contributed by atoms with Crippen molar-refractivity contribution in [1.29, 1.82) is 0 Å². The monoisotopic (exact) mass is 415 g/mol. The summed E-state index contributed by atoms with van der Waals surface area (Å²) in [5.41, 5.74) is 6.03. The van der Waals surface area contributed by atoms with Crippen LogP contribution < -0.4 is 4.90 Å². The zero-order valence-corrected chi connectivity index (χ0v) is 17.5. The summed E-state index contributed by atoms with van der Waals surface area (Å²) in [6.45, 7) is 4.41. The number of hydrogen-bond acceptors (Lipinski definition) is 6. The minimum Gasteiger partial charge on any atom is -0.377 e. The molecular formula is C23H25N7O. The van der Waals surface area contributed by atoms with Gasteiger partial charge in [0, 0.05) is 42.0 Å². The molecule has 0 unspecified atom stereocenters. The molecule has 158 valence electrons. The lowest BCUT2D eigenvalue weighted by atomic mass is 9.80. The molecule has 2 fully saturated rings. The number of aromatic amines is 2. The third kappa shape index (κ3) is 3.09. The Balaban J connectivity index is 1.60. The average molecular weight is 416 g/mol. The minimum absolute atomic E-state index is 0.259. The number of fused-ring (bicyclic) bond motifs is 1. The number of pyridine rings is 2. The third-order valence-corrected chi connectivity index (χ3v) is 6.58. The molecule has 0 bridgehead atoms. The highest BCUT2D eigenvalue weighted by atomic mass is 16.5. The average Bonchev–Trinajstić information content (AvgIpc) is 3.44. The van der Waals surface area contributed by atoms with Gasteiger partial charge in [-0.05, 0) is 43.5 Å². The van der Waals surface area contributed by atoms with Gasteiger partial charge in [0.05, 0.1) is 30.6 Å². The fourth-order valence-corrected chi connectivity index (χ4v) is 4.67. The second-order valence-electron chi connectivity index (χ2n) is 8.48. The van der Waals surface area contributed by atoms with Crippen LogP contribution in [0.3, 0.4) is 0 Å². The van der Waals surface area contributed by atoms with E-state index in [2.05, 4.69) is 49.3 Å². The molecule has 4 aromatic rings. The molecule has 0 amide bonds. The van der Waals surface area contributed by atoms with E-state index >= 15 is 0 Å². The Morgan fingerprint density at radius 1 is 1.16 bits per heavy atom. The van der Waals surface area contributed by atoms with Crippen molar-refractivity contribution >= 4 is 16.7 Å². The number of nitrogens with zero attached hydrogens (tertiary/aromatic N) is 5. The zero-order chi connectivity index (χ0) is 20.8. The standard InChI is InChI=1S/C23H25N7O/c1-14-13-31-10-9-30(14)20-11-17(18-12-26-29-21(18)15-3-2-4-15)16-5-7-24-23(22(16)27-20)19-6-8-25-28-19/h5-8,11-12,14-15H,2-4,9-10,13H2,1H3,(H,25,28)(H,26,29)/t14-/m1/s1. The molecule has 31 heavy (non-hydrogen) atoms. The Morgan fingerprint density at radius 3 is 2.87 bits per heavy atom. The quantitative estimate of drug-likeness (QED) is 0.525. The summed E-state index contributed by atoms with van der Waals surface area (Å²) >= 11 is 0. The molecule has 1 saturated heterocycles. The predicted octanol–water partition coefficient (Wildman–Crippen LogP) is 3.90. The van der Waals surface area contributed by atoms with Gasteiger partial charge in [0.2, 0.25) is 0 Å². The number of rotatable bonds is 4. The normalized spacial score (nSPS) is 19.6. The summed E-state index contributed by atoms with van der Waals surface area (Å²) in [5, 5.41) is 16.0. The number of H-pyrrole nitrogens is 2. The third-order valence-electron chi connectivity index (χ3n) is 6.58. The van der Waals surface area contributed by atoms with E-state index in [4.69, 9.17) is 9.72 Å². The van der Waals surface area contributed by atoms with E-state index in [9.17, 15) is 0 Å². The summed E-state index contributed by atoms with van der Waals surface area (Å²) in [7, 11) is 0. The molecule has 2 N–H and O–H groups in total. The molecule has 6 rings (SSSR count). The van der Waals surface area contributed by atoms with Crippen LogP contribution in [0, 0.1) is 0 Å². The van der Waals surface area contributed by atoms with E-state index < -0.39 is 0 Å². The number of ether oxygens (including phenoxy) is 1. The van der Waals surface area contributed by atoms with Gasteiger partial charge in [0.1, 0.15) is 17.0 Å². The molecule has 0 spiro atoms. The van der Waals surface area contributed by atoms with Gasteiger partial charge in [-0.15, -0.1) is 0 Å². The first-order valence-electron chi connectivity index (χ1n) is 11.0. The van der Waals surface area contributed by atoms with Gasteiger partial charge in [0.25, 0.3) is 0 Å². The predicted molar refractivity (Wildman–Crippen MR) is 119 cm³/mol. The molecule has 2 aliphatic rings. The van der Waals surface area contributed by atoms with E-state index in [1.165, 1.54) is 30.5 Å². The Morgan fingerprint density at radius 2 is 2.10 bits per heavy atom. The molecule has 0 aromatic carbocycles. The smallest absolute Gasteiger partial charge is 0.130 e. The van der Waals surface area contributed by atoms with Gasteiger partial charge >= 0.3 is 0 Å². The lowest BCUT2D eigenvalue weighted by Crippen LogP contribution is -2.44. The first-order valence-corrected chi connectivity index (χ1v) is 11.0. The van der Waals surface area contributed by atoms with Crippen LogP contribution in [0.15, 0.2) is 36.8 Å². The van der Waals surface area contributed by atoms with Crippen LogP contribution in [0.2, 0.25) is 0 Å². The fraction of sp³-hybridized carbons (Fsp3) is 0.391. The van der Waals surface area contributed by atoms with Crippen molar-refractivity contribution in [3.63, 3.8) is 0 Å². The van der Waals surface area contributed by atoms with Crippen LogP contribution in [0.4, 0.5) is 5.82 Å². The first-order chi connectivity index (χ1) is 15.3. The Bertz CT molecular complexity index is 1210. The maximum absolute atomic E-state index is 5.67. The van der Waals surface area contributed by atoms with Gasteiger partial charge in [-0.2, -0.15) is 10.2 Å². The van der Waals surface area contributed by atoms with Crippen LogP contribution in [-0.4, -0.2) is 56.2 Å². The summed E-state index contributed by atoms with van der Waals surface area (Å²) < 4.78 is 5.67. The van der Waals surface area contributed by atoms with E-state index in [1.54, 1.807) is 6.20 Å². The van der Waals surface area contributed by atoms with E-state index in [1.807, 2.05) is 18.5 Å². The highest BCUT2D eigenvalue weighted by Crippen LogP contribution is 2.43. The number of anilines is 1. The second-order valence-corrected chi connectivity index (χ2v) is 8.48. The Labute approximate surface area is 180 Å². The summed E-state index contributed by atoms with van der Waals surface area (Å²) in [4.78, 5) is 12.1.